The third kappa shape index (κ3) is 2.93. The van der Waals surface area contributed by atoms with Gasteiger partial charge in [-0.25, -0.2) is 0 Å². The molecule has 0 unspecified atom stereocenters. The van der Waals surface area contributed by atoms with E-state index in [4.69, 9.17) is 23.2 Å². The van der Waals surface area contributed by atoms with Gasteiger partial charge in [-0.3, -0.25) is 0 Å². The molecule has 2 rings (SSSR count). The van der Waals surface area contributed by atoms with E-state index < -0.39 is 0 Å². The predicted octanol–water partition coefficient (Wildman–Crippen LogP) is 4.40. The van der Waals surface area contributed by atoms with Crippen molar-refractivity contribution < 1.29 is 0 Å². The first-order chi connectivity index (χ1) is 8.82. The Morgan fingerprint density at radius 3 is 2.37 bits per heavy atom. The normalized spacial score (nSPS) is 11.9. The highest BCUT2D eigenvalue weighted by molar-refractivity contribution is 6.30. The number of alkyl halides is 1. The second kappa shape index (κ2) is 5.14. The average molecular weight is 298 g/mol. The highest BCUT2D eigenvalue weighted by Gasteiger charge is 2.23. The van der Waals surface area contributed by atoms with Gasteiger partial charge >= 0.3 is 0 Å². The summed E-state index contributed by atoms with van der Waals surface area (Å²) in [5.74, 6) is 1.90. The van der Waals surface area contributed by atoms with E-state index in [9.17, 15) is 0 Å². The Balaban J connectivity index is 2.66. The van der Waals surface area contributed by atoms with Gasteiger partial charge in [-0.15, -0.1) is 21.8 Å². The van der Waals surface area contributed by atoms with Crippen molar-refractivity contribution in [2.75, 3.05) is 0 Å². The molecule has 5 heteroatoms. The fourth-order valence-electron chi connectivity index (χ4n) is 2.16. The third-order valence-corrected chi connectivity index (χ3v) is 3.28. The summed E-state index contributed by atoms with van der Waals surface area (Å²) in [5, 5.41) is 9.15. The second-order valence-corrected chi connectivity index (χ2v) is 6.30. The van der Waals surface area contributed by atoms with E-state index in [2.05, 4.69) is 41.6 Å². The molecule has 0 aliphatic rings. The van der Waals surface area contributed by atoms with Crippen LogP contribution in [0, 0.1) is 6.92 Å². The Morgan fingerprint density at radius 1 is 1.16 bits per heavy atom. The molecule has 0 saturated heterocycles. The number of nitrogens with zero attached hydrogens (tertiary/aromatic N) is 3. The molecule has 0 atom stereocenters. The van der Waals surface area contributed by atoms with Crippen molar-refractivity contribution in [3.05, 3.63) is 34.6 Å². The van der Waals surface area contributed by atoms with Crippen LogP contribution in [0.15, 0.2) is 18.2 Å². The minimum absolute atomic E-state index is 0.140. The van der Waals surface area contributed by atoms with E-state index in [0.29, 0.717) is 10.9 Å². The van der Waals surface area contributed by atoms with Crippen LogP contribution < -0.4 is 0 Å². The van der Waals surface area contributed by atoms with Gasteiger partial charge in [0.15, 0.2) is 5.82 Å². The van der Waals surface area contributed by atoms with Crippen LogP contribution >= 0.6 is 23.2 Å². The molecule has 1 aromatic carbocycles. The minimum atomic E-state index is -0.140. The number of hydrogen-bond acceptors (Lipinski definition) is 2. The van der Waals surface area contributed by atoms with Crippen LogP contribution in [0.4, 0.5) is 0 Å². The maximum atomic E-state index is 6.12. The maximum absolute atomic E-state index is 6.12. The third-order valence-electron chi connectivity index (χ3n) is 2.82. The minimum Gasteiger partial charge on any atom is -0.305 e. The van der Waals surface area contributed by atoms with Crippen molar-refractivity contribution in [3.8, 4) is 11.4 Å². The number of hydrogen-bond donors (Lipinski definition) is 0. The zero-order valence-electron chi connectivity index (χ0n) is 11.5. The molecular formula is C14H17Cl2N3. The molecular weight excluding hydrogens is 281 g/mol. The highest BCUT2D eigenvalue weighted by atomic mass is 35.5. The molecule has 2 aromatic rings. The second-order valence-electron chi connectivity index (χ2n) is 5.60. The summed E-state index contributed by atoms with van der Waals surface area (Å²) in [7, 11) is 0. The predicted molar refractivity (Wildman–Crippen MR) is 79.8 cm³/mol. The van der Waals surface area contributed by atoms with Gasteiger partial charge in [-0.2, -0.15) is 0 Å². The molecule has 0 saturated carbocycles. The standard InChI is InChI=1S/C14H17Cl2N3/c1-9-5-10(7-11(16)6-9)13-18-17-12(8-15)19(13)14(2,3)4/h5-7H,8H2,1-4H3. The van der Waals surface area contributed by atoms with Crippen molar-refractivity contribution >= 4 is 23.2 Å². The lowest BCUT2D eigenvalue weighted by Crippen LogP contribution is -2.24. The molecule has 19 heavy (non-hydrogen) atoms. The molecule has 0 radical (unpaired) electrons. The summed E-state index contributed by atoms with van der Waals surface area (Å²) >= 11 is 12.1. The average Bonchev–Trinajstić information content (AvgIpc) is 2.70. The van der Waals surface area contributed by atoms with Crippen LogP contribution in [0.2, 0.25) is 5.02 Å². The lowest BCUT2D eigenvalue weighted by Gasteiger charge is -2.24. The largest absolute Gasteiger partial charge is 0.305 e. The summed E-state index contributed by atoms with van der Waals surface area (Å²) < 4.78 is 2.06. The molecule has 0 aliphatic carbocycles. The van der Waals surface area contributed by atoms with Gasteiger partial charge in [0.25, 0.3) is 0 Å². The van der Waals surface area contributed by atoms with E-state index >= 15 is 0 Å². The van der Waals surface area contributed by atoms with Crippen LogP contribution in [0.25, 0.3) is 11.4 Å². The van der Waals surface area contributed by atoms with E-state index in [1.807, 2.05) is 19.1 Å². The molecule has 3 nitrogen and oxygen atoms in total. The van der Waals surface area contributed by atoms with Crippen LogP contribution in [0.5, 0.6) is 0 Å². The van der Waals surface area contributed by atoms with Crippen LogP contribution in [-0.4, -0.2) is 14.8 Å². The van der Waals surface area contributed by atoms with Crippen molar-refractivity contribution in [1.82, 2.24) is 14.8 Å². The van der Waals surface area contributed by atoms with Gasteiger partial charge in [-0.1, -0.05) is 11.6 Å². The zero-order chi connectivity index (χ0) is 14.2. The molecule has 0 N–H and O–H groups in total. The van der Waals surface area contributed by atoms with Crippen molar-refractivity contribution in [2.45, 2.75) is 39.1 Å². The smallest absolute Gasteiger partial charge is 0.164 e. The first-order valence-corrected chi connectivity index (χ1v) is 7.02. The quantitative estimate of drug-likeness (QED) is 0.769. The van der Waals surface area contributed by atoms with E-state index in [0.717, 1.165) is 22.8 Å². The van der Waals surface area contributed by atoms with Gasteiger partial charge in [-0.05, 0) is 51.5 Å². The number of aromatic nitrogens is 3. The molecule has 0 aliphatic heterocycles. The van der Waals surface area contributed by atoms with Crippen LogP contribution in [0.3, 0.4) is 0 Å². The lowest BCUT2D eigenvalue weighted by molar-refractivity contribution is 0.390. The van der Waals surface area contributed by atoms with Crippen molar-refractivity contribution in [3.63, 3.8) is 0 Å². The summed E-state index contributed by atoms with van der Waals surface area (Å²) in [5.41, 5.74) is 1.92. The summed E-state index contributed by atoms with van der Waals surface area (Å²) in [6.45, 7) is 8.32. The summed E-state index contributed by atoms with van der Waals surface area (Å²) in [6, 6.07) is 5.88. The van der Waals surface area contributed by atoms with E-state index in [1.54, 1.807) is 0 Å². The Bertz CT molecular complexity index is 577. The zero-order valence-corrected chi connectivity index (χ0v) is 13.0. The molecule has 1 aromatic heterocycles. The van der Waals surface area contributed by atoms with Gasteiger partial charge in [0.05, 0.1) is 5.88 Å². The molecule has 102 valence electrons. The van der Waals surface area contributed by atoms with E-state index in [1.165, 1.54) is 0 Å². The number of benzene rings is 1. The fourth-order valence-corrected chi connectivity index (χ4v) is 2.62. The summed E-state index contributed by atoms with van der Waals surface area (Å²) in [4.78, 5) is 0. The van der Waals surface area contributed by atoms with Gasteiger partial charge in [0, 0.05) is 16.1 Å². The molecule has 0 spiro atoms. The Kier molecular flexibility index (Phi) is 3.88. The van der Waals surface area contributed by atoms with Crippen LogP contribution in [-0.2, 0) is 11.4 Å². The number of halogens is 2. The van der Waals surface area contributed by atoms with Crippen molar-refractivity contribution in [1.29, 1.82) is 0 Å². The van der Waals surface area contributed by atoms with Gasteiger partial charge in [0.1, 0.15) is 5.82 Å². The number of rotatable bonds is 2. The fraction of sp³-hybridized carbons (Fsp3) is 0.429. The van der Waals surface area contributed by atoms with Crippen LogP contribution in [0.1, 0.15) is 32.2 Å². The van der Waals surface area contributed by atoms with E-state index in [-0.39, 0.29) is 5.54 Å². The molecule has 0 amide bonds. The summed E-state index contributed by atoms with van der Waals surface area (Å²) in [6.07, 6.45) is 0. The Labute approximate surface area is 123 Å². The SMILES string of the molecule is Cc1cc(Cl)cc(-c2nnc(CCl)n2C(C)(C)C)c1. The highest BCUT2D eigenvalue weighted by Crippen LogP contribution is 2.29. The molecule has 1 heterocycles. The monoisotopic (exact) mass is 297 g/mol. The van der Waals surface area contributed by atoms with Crippen molar-refractivity contribution in [2.24, 2.45) is 0 Å². The Morgan fingerprint density at radius 2 is 1.84 bits per heavy atom. The molecule has 0 fully saturated rings. The Hall–Kier alpha value is -1.06. The van der Waals surface area contributed by atoms with Gasteiger partial charge in [0.2, 0.25) is 0 Å². The molecule has 0 bridgehead atoms. The topological polar surface area (TPSA) is 30.7 Å². The lowest BCUT2D eigenvalue weighted by atomic mass is 10.1. The first-order valence-electron chi connectivity index (χ1n) is 6.11. The first kappa shape index (κ1) is 14.4. The van der Waals surface area contributed by atoms with Gasteiger partial charge < -0.3 is 4.57 Å². The maximum Gasteiger partial charge on any atom is 0.164 e. The number of aryl methyl sites for hydroxylation is 1.